The number of carbonyl (C=O) groups excluding carboxylic acids is 1. The fourth-order valence-corrected chi connectivity index (χ4v) is 2.77. The van der Waals surface area contributed by atoms with Crippen molar-refractivity contribution in [3.63, 3.8) is 0 Å². The highest BCUT2D eigenvalue weighted by molar-refractivity contribution is 6.10. The molecule has 1 aromatic carbocycles. The number of piperidine rings is 1. The molecule has 0 atom stereocenters. The van der Waals surface area contributed by atoms with Gasteiger partial charge in [0.25, 0.3) is 0 Å². The molecule has 8 nitrogen and oxygen atoms in total. The quantitative estimate of drug-likeness (QED) is 0.594. The first kappa shape index (κ1) is 21.0. The zero-order valence-corrected chi connectivity index (χ0v) is 16.5. The molecule has 1 saturated heterocycles. The SMILES string of the molecule is CC(C)(C)OC(=O)N1CCC(CNc2ccc(NN=C(C#N)C#N)cc2)CC1. The smallest absolute Gasteiger partial charge is 0.410 e. The molecule has 2 N–H and O–H groups in total. The fourth-order valence-electron chi connectivity index (χ4n) is 2.77. The van der Waals surface area contributed by atoms with Crippen molar-refractivity contribution in [1.82, 2.24) is 4.90 Å². The second kappa shape index (κ2) is 9.61. The van der Waals surface area contributed by atoms with Crippen molar-refractivity contribution in [2.75, 3.05) is 30.4 Å². The summed E-state index contributed by atoms with van der Waals surface area (Å²) < 4.78 is 5.42. The minimum absolute atomic E-state index is 0.222. The maximum Gasteiger partial charge on any atom is 0.410 e. The number of anilines is 2. The highest BCUT2D eigenvalue weighted by atomic mass is 16.6. The molecule has 0 spiro atoms. The van der Waals surface area contributed by atoms with Crippen LogP contribution in [0.25, 0.3) is 0 Å². The van der Waals surface area contributed by atoms with Gasteiger partial charge in [-0.05, 0) is 63.8 Å². The number of hydrazone groups is 1. The molecule has 0 bridgehead atoms. The van der Waals surface area contributed by atoms with Gasteiger partial charge in [0.2, 0.25) is 5.71 Å². The summed E-state index contributed by atoms with van der Waals surface area (Å²) in [6.07, 6.45) is 1.64. The van der Waals surface area contributed by atoms with E-state index >= 15 is 0 Å². The summed E-state index contributed by atoms with van der Waals surface area (Å²) in [7, 11) is 0. The summed E-state index contributed by atoms with van der Waals surface area (Å²) in [5.41, 5.74) is 3.66. The van der Waals surface area contributed by atoms with E-state index in [-0.39, 0.29) is 11.8 Å². The first-order valence-electron chi connectivity index (χ1n) is 9.26. The fraction of sp³-hybridized carbons (Fsp3) is 0.500. The second-order valence-electron chi connectivity index (χ2n) is 7.66. The maximum atomic E-state index is 12.1. The average Bonchev–Trinajstić information content (AvgIpc) is 2.67. The Morgan fingerprint density at radius 2 is 1.75 bits per heavy atom. The summed E-state index contributed by atoms with van der Waals surface area (Å²) in [5.74, 6) is 0.495. The molecule has 0 unspecified atom stereocenters. The molecule has 0 radical (unpaired) electrons. The lowest BCUT2D eigenvalue weighted by atomic mass is 9.97. The molecule has 2 rings (SSSR count). The first-order chi connectivity index (χ1) is 13.3. The summed E-state index contributed by atoms with van der Waals surface area (Å²) in [6, 6.07) is 10.8. The Kier molecular flexibility index (Phi) is 7.22. The van der Waals surface area contributed by atoms with Gasteiger partial charge in [0.15, 0.2) is 0 Å². The molecule has 1 fully saturated rings. The molecule has 1 aliphatic heterocycles. The molecule has 8 heteroatoms. The van der Waals surface area contributed by atoms with Crippen LogP contribution in [0.15, 0.2) is 29.4 Å². The number of nitriles is 2. The second-order valence-corrected chi connectivity index (χ2v) is 7.66. The molecule has 1 aliphatic rings. The van der Waals surface area contributed by atoms with Crippen LogP contribution in [-0.4, -0.2) is 41.9 Å². The van der Waals surface area contributed by atoms with Gasteiger partial charge in [-0.2, -0.15) is 15.6 Å². The third-order valence-electron chi connectivity index (χ3n) is 4.25. The van der Waals surface area contributed by atoms with Crippen LogP contribution in [0.2, 0.25) is 0 Å². The van der Waals surface area contributed by atoms with E-state index in [1.54, 1.807) is 17.0 Å². The van der Waals surface area contributed by atoms with Gasteiger partial charge >= 0.3 is 6.09 Å². The van der Waals surface area contributed by atoms with E-state index < -0.39 is 5.60 Å². The lowest BCUT2D eigenvalue weighted by molar-refractivity contribution is 0.0188. The van der Waals surface area contributed by atoms with Gasteiger partial charge in [-0.3, -0.25) is 5.43 Å². The van der Waals surface area contributed by atoms with Crippen molar-refractivity contribution in [3.05, 3.63) is 24.3 Å². The van der Waals surface area contributed by atoms with E-state index in [1.165, 1.54) is 0 Å². The molecule has 1 amide bonds. The van der Waals surface area contributed by atoms with Crippen LogP contribution >= 0.6 is 0 Å². The van der Waals surface area contributed by atoms with Gasteiger partial charge in [0.1, 0.15) is 17.7 Å². The van der Waals surface area contributed by atoms with E-state index in [1.807, 2.05) is 45.0 Å². The zero-order valence-electron chi connectivity index (χ0n) is 16.5. The Morgan fingerprint density at radius 3 is 2.29 bits per heavy atom. The van der Waals surface area contributed by atoms with Crippen LogP contribution in [0, 0.1) is 28.6 Å². The average molecular weight is 382 g/mol. The molecule has 0 aromatic heterocycles. The maximum absolute atomic E-state index is 12.1. The van der Waals surface area contributed by atoms with Crippen molar-refractivity contribution in [3.8, 4) is 12.1 Å². The van der Waals surface area contributed by atoms with E-state index in [2.05, 4.69) is 15.8 Å². The first-order valence-corrected chi connectivity index (χ1v) is 9.26. The van der Waals surface area contributed by atoms with Crippen molar-refractivity contribution < 1.29 is 9.53 Å². The summed E-state index contributed by atoms with van der Waals surface area (Å²) in [4.78, 5) is 13.9. The number of nitrogens with one attached hydrogen (secondary N) is 2. The van der Waals surface area contributed by atoms with Gasteiger partial charge in [-0.25, -0.2) is 4.79 Å². The molecule has 148 valence electrons. The van der Waals surface area contributed by atoms with Crippen molar-refractivity contribution >= 4 is 23.2 Å². The number of amides is 1. The van der Waals surface area contributed by atoms with Crippen LogP contribution in [0.1, 0.15) is 33.6 Å². The molecule has 28 heavy (non-hydrogen) atoms. The van der Waals surface area contributed by atoms with Crippen molar-refractivity contribution in [2.45, 2.75) is 39.2 Å². The number of hydrogen-bond donors (Lipinski definition) is 2. The molecule has 0 saturated carbocycles. The Morgan fingerprint density at radius 1 is 1.18 bits per heavy atom. The third kappa shape index (κ3) is 6.81. The van der Waals surface area contributed by atoms with Crippen LogP contribution in [0.5, 0.6) is 0 Å². The van der Waals surface area contributed by atoms with Crippen molar-refractivity contribution in [2.24, 2.45) is 11.0 Å². The molecule has 1 aromatic rings. The Labute approximate surface area is 165 Å². The van der Waals surface area contributed by atoms with Gasteiger partial charge in [-0.1, -0.05) is 0 Å². The van der Waals surface area contributed by atoms with Crippen LogP contribution < -0.4 is 10.7 Å². The molecule has 0 aliphatic carbocycles. The minimum atomic E-state index is -0.466. The number of nitrogens with zero attached hydrogens (tertiary/aromatic N) is 4. The van der Waals surface area contributed by atoms with E-state index in [0.717, 1.165) is 25.1 Å². The van der Waals surface area contributed by atoms with E-state index in [4.69, 9.17) is 15.3 Å². The highest BCUT2D eigenvalue weighted by Gasteiger charge is 2.26. The number of rotatable bonds is 5. The Bertz CT molecular complexity index is 759. The van der Waals surface area contributed by atoms with Gasteiger partial charge in [0.05, 0.1) is 5.69 Å². The van der Waals surface area contributed by atoms with Crippen LogP contribution in [0.4, 0.5) is 16.2 Å². The molecular weight excluding hydrogens is 356 g/mol. The number of carbonyl (C=O) groups is 1. The number of ether oxygens (including phenoxy) is 1. The Balaban J connectivity index is 1.75. The predicted molar refractivity (Wildman–Crippen MR) is 108 cm³/mol. The minimum Gasteiger partial charge on any atom is -0.444 e. The van der Waals surface area contributed by atoms with Crippen LogP contribution in [0.3, 0.4) is 0 Å². The lowest BCUT2D eigenvalue weighted by Gasteiger charge is -2.33. The number of hydrogen-bond acceptors (Lipinski definition) is 7. The summed E-state index contributed by atoms with van der Waals surface area (Å²) in [6.45, 7) is 7.88. The summed E-state index contributed by atoms with van der Waals surface area (Å²) >= 11 is 0. The zero-order chi connectivity index (χ0) is 20.6. The monoisotopic (exact) mass is 382 g/mol. The number of likely N-dealkylation sites (tertiary alicyclic amines) is 1. The topological polar surface area (TPSA) is 114 Å². The number of benzene rings is 1. The molecular formula is C20H26N6O2. The molecule has 1 heterocycles. The normalized spacial score (nSPS) is 14.4. The standard InChI is InChI=1S/C20H26N6O2/c1-20(2,3)28-19(27)26-10-8-15(9-11-26)14-23-16-4-6-17(7-5-16)24-25-18(12-21)13-22/h4-7,15,23-24H,8-11,14H2,1-3H3. The van der Waals surface area contributed by atoms with Crippen LogP contribution in [-0.2, 0) is 4.74 Å². The van der Waals surface area contributed by atoms with Gasteiger partial charge < -0.3 is 15.0 Å². The lowest BCUT2D eigenvalue weighted by Crippen LogP contribution is -2.42. The third-order valence-corrected chi connectivity index (χ3v) is 4.25. The highest BCUT2D eigenvalue weighted by Crippen LogP contribution is 2.21. The Hall–Kier alpha value is -3.26. The largest absolute Gasteiger partial charge is 0.444 e. The van der Waals surface area contributed by atoms with E-state index in [0.29, 0.717) is 24.7 Å². The van der Waals surface area contributed by atoms with Crippen molar-refractivity contribution in [1.29, 1.82) is 10.5 Å². The summed E-state index contributed by atoms with van der Waals surface area (Å²) in [5, 5.41) is 24.4. The van der Waals surface area contributed by atoms with E-state index in [9.17, 15) is 4.79 Å². The van der Waals surface area contributed by atoms with Gasteiger partial charge in [-0.15, -0.1) is 0 Å². The predicted octanol–water partition coefficient (Wildman–Crippen LogP) is 3.56. The van der Waals surface area contributed by atoms with Gasteiger partial charge in [0, 0.05) is 25.3 Å².